The average Bonchev–Trinajstić information content (AvgIpc) is 2.89. The lowest BCUT2D eigenvalue weighted by Crippen LogP contribution is -2.46. The van der Waals surface area contributed by atoms with Crippen LogP contribution in [0.3, 0.4) is 0 Å². The molecule has 2 aromatic rings. The standard InChI is InChI=1S/C23H30N4O3.C2H2O4/c1-3-26-14-16-27(17-15-26)19-10-8-18(9-11-19)25-22(28)12-13-24-23(29)20-6-4-5-7-21(20)30-2;3-1(4)2(5)6/h4-11H,3,12-17H2,1-2H3,(H,24,29)(H,25,28);(H,3,4)(H,5,6). The van der Waals surface area contributed by atoms with E-state index in [0.717, 1.165) is 38.4 Å². The Balaban J connectivity index is 0.000000678. The molecule has 1 aliphatic heterocycles. The first kappa shape index (κ1) is 28.1. The first-order valence-corrected chi connectivity index (χ1v) is 11.5. The van der Waals surface area contributed by atoms with Gasteiger partial charge in [0.2, 0.25) is 5.91 Å². The third-order valence-electron chi connectivity index (χ3n) is 5.51. The molecule has 4 N–H and O–H groups in total. The SMILES string of the molecule is CCN1CCN(c2ccc(NC(=O)CCNC(=O)c3ccccc3OC)cc2)CC1.O=C(O)C(=O)O. The molecule has 0 saturated carbocycles. The summed E-state index contributed by atoms with van der Waals surface area (Å²) < 4.78 is 5.19. The van der Waals surface area contributed by atoms with Crippen molar-refractivity contribution in [3.63, 3.8) is 0 Å². The van der Waals surface area contributed by atoms with Crippen LogP contribution >= 0.6 is 0 Å². The van der Waals surface area contributed by atoms with Crippen molar-refractivity contribution < 1.29 is 34.1 Å². The molecule has 11 heteroatoms. The fourth-order valence-corrected chi connectivity index (χ4v) is 3.52. The Kier molecular flexibility index (Phi) is 11.2. The van der Waals surface area contributed by atoms with Crippen LogP contribution in [0.15, 0.2) is 48.5 Å². The Morgan fingerprint density at radius 3 is 2.08 bits per heavy atom. The lowest BCUT2D eigenvalue weighted by Gasteiger charge is -2.35. The molecule has 0 aromatic heterocycles. The van der Waals surface area contributed by atoms with Crippen LogP contribution in [0, 0.1) is 0 Å². The maximum absolute atomic E-state index is 12.3. The zero-order chi connectivity index (χ0) is 26.5. The van der Waals surface area contributed by atoms with Gasteiger partial charge in [0.25, 0.3) is 5.91 Å². The Bertz CT molecular complexity index is 1020. The van der Waals surface area contributed by atoms with E-state index in [1.165, 1.54) is 12.8 Å². The number of ether oxygens (including phenoxy) is 1. The maximum atomic E-state index is 12.3. The minimum atomic E-state index is -1.82. The molecule has 1 saturated heterocycles. The number of aliphatic carboxylic acids is 2. The van der Waals surface area contributed by atoms with E-state index in [0.29, 0.717) is 11.3 Å². The molecular weight excluding hydrogens is 468 g/mol. The number of methoxy groups -OCH3 is 1. The van der Waals surface area contributed by atoms with Crippen molar-refractivity contribution in [2.75, 3.05) is 56.6 Å². The minimum Gasteiger partial charge on any atom is -0.496 e. The van der Waals surface area contributed by atoms with Crippen molar-refractivity contribution in [2.45, 2.75) is 13.3 Å². The lowest BCUT2D eigenvalue weighted by atomic mass is 10.2. The zero-order valence-corrected chi connectivity index (χ0v) is 20.4. The molecule has 2 amide bonds. The summed E-state index contributed by atoms with van der Waals surface area (Å²) in [5.41, 5.74) is 2.38. The van der Waals surface area contributed by atoms with Gasteiger partial charge in [0.05, 0.1) is 12.7 Å². The molecule has 2 aromatic carbocycles. The number of carboxylic acids is 2. The van der Waals surface area contributed by atoms with E-state index in [-0.39, 0.29) is 24.8 Å². The molecule has 0 aliphatic carbocycles. The Morgan fingerprint density at radius 2 is 1.53 bits per heavy atom. The van der Waals surface area contributed by atoms with Gasteiger partial charge in [0.1, 0.15) is 5.75 Å². The van der Waals surface area contributed by atoms with Crippen LogP contribution in [0.5, 0.6) is 5.75 Å². The number of nitrogens with one attached hydrogen (secondary N) is 2. The van der Waals surface area contributed by atoms with Crippen LogP contribution < -0.4 is 20.3 Å². The zero-order valence-electron chi connectivity index (χ0n) is 20.4. The molecular formula is C25H32N4O7. The van der Waals surface area contributed by atoms with Crippen molar-refractivity contribution in [3.8, 4) is 5.75 Å². The van der Waals surface area contributed by atoms with Crippen molar-refractivity contribution in [1.29, 1.82) is 0 Å². The fourth-order valence-electron chi connectivity index (χ4n) is 3.52. The summed E-state index contributed by atoms with van der Waals surface area (Å²) in [5, 5.41) is 20.4. The molecule has 0 atom stereocenters. The van der Waals surface area contributed by atoms with Crippen LogP contribution in [0.4, 0.5) is 11.4 Å². The Labute approximate surface area is 209 Å². The van der Waals surface area contributed by atoms with E-state index in [2.05, 4.69) is 27.4 Å². The van der Waals surface area contributed by atoms with E-state index < -0.39 is 11.9 Å². The van der Waals surface area contributed by atoms with Crippen molar-refractivity contribution in [1.82, 2.24) is 10.2 Å². The van der Waals surface area contributed by atoms with Gasteiger partial charge in [-0.2, -0.15) is 0 Å². The highest BCUT2D eigenvalue weighted by Crippen LogP contribution is 2.20. The highest BCUT2D eigenvalue weighted by Gasteiger charge is 2.16. The number of carbonyl (C=O) groups is 4. The topological polar surface area (TPSA) is 149 Å². The smallest absolute Gasteiger partial charge is 0.414 e. The minimum absolute atomic E-state index is 0.139. The molecule has 1 fully saturated rings. The number of carbonyl (C=O) groups excluding carboxylic acids is 2. The average molecular weight is 501 g/mol. The van der Waals surface area contributed by atoms with Gasteiger partial charge in [-0.15, -0.1) is 0 Å². The van der Waals surface area contributed by atoms with Crippen LogP contribution in [0.1, 0.15) is 23.7 Å². The molecule has 1 heterocycles. The molecule has 3 rings (SSSR count). The van der Waals surface area contributed by atoms with E-state index in [4.69, 9.17) is 24.5 Å². The summed E-state index contributed by atoms with van der Waals surface area (Å²) in [7, 11) is 1.52. The number of hydrogen-bond donors (Lipinski definition) is 4. The summed E-state index contributed by atoms with van der Waals surface area (Å²) in [6, 6.07) is 14.9. The Morgan fingerprint density at radius 1 is 0.917 bits per heavy atom. The predicted octanol–water partition coefficient (Wildman–Crippen LogP) is 1.75. The second-order valence-corrected chi connectivity index (χ2v) is 7.83. The van der Waals surface area contributed by atoms with Gasteiger partial charge in [0, 0.05) is 50.5 Å². The summed E-state index contributed by atoms with van der Waals surface area (Å²) in [4.78, 5) is 47.5. The number of para-hydroxylation sites is 1. The summed E-state index contributed by atoms with van der Waals surface area (Å²) in [6.45, 7) is 7.74. The summed E-state index contributed by atoms with van der Waals surface area (Å²) in [5.74, 6) is -3.53. The number of anilines is 2. The second kappa shape index (κ2) is 14.3. The van der Waals surface area contributed by atoms with Crippen molar-refractivity contribution >= 4 is 35.1 Å². The van der Waals surface area contributed by atoms with Gasteiger partial charge in [-0.05, 0) is 42.9 Å². The third-order valence-corrected chi connectivity index (χ3v) is 5.51. The van der Waals surface area contributed by atoms with E-state index in [9.17, 15) is 9.59 Å². The second-order valence-electron chi connectivity index (χ2n) is 7.83. The molecule has 1 aliphatic rings. The molecule has 0 spiro atoms. The van der Waals surface area contributed by atoms with Crippen LogP contribution in [-0.4, -0.2) is 85.2 Å². The number of piperazine rings is 1. The Hall–Kier alpha value is -4.12. The molecule has 36 heavy (non-hydrogen) atoms. The van der Waals surface area contributed by atoms with Crippen LogP contribution in [-0.2, 0) is 14.4 Å². The summed E-state index contributed by atoms with van der Waals surface area (Å²) in [6.07, 6.45) is 0.196. The number of rotatable bonds is 8. The predicted molar refractivity (Wildman–Crippen MR) is 135 cm³/mol. The molecule has 0 bridgehead atoms. The molecule has 194 valence electrons. The molecule has 11 nitrogen and oxygen atoms in total. The van der Waals surface area contributed by atoms with Gasteiger partial charge in [-0.25, -0.2) is 9.59 Å². The van der Waals surface area contributed by atoms with Crippen molar-refractivity contribution in [2.24, 2.45) is 0 Å². The number of likely N-dealkylation sites (N-methyl/N-ethyl adjacent to an activating group) is 1. The van der Waals surface area contributed by atoms with Crippen molar-refractivity contribution in [3.05, 3.63) is 54.1 Å². The van der Waals surface area contributed by atoms with Crippen LogP contribution in [0.2, 0.25) is 0 Å². The van der Waals surface area contributed by atoms with Crippen LogP contribution in [0.25, 0.3) is 0 Å². The number of benzene rings is 2. The number of carboxylic acid groups (broad SMARTS) is 2. The van der Waals surface area contributed by atoms with E-state index in [1.807, 2.05) is 24.3 Å². The highest BCUT2D eigenvalue weighted by atomic mass is 16.5. The van der Waals surface area contributed by atoms with Gasteiger partial charge in [-0.1, -0.05) is 19.1 Å². The van der Waals surface area contributed by atoms with Gasteiger partial charge in [0.15, 0.2) is 0 Å². The van der Waals surface area contributed by atoms with Gasteiger partial charge in [-0.3, -0.25) is 9.59 Å². The van der Waals surface area contributed by atoms with Gasteiger partial charge >= 0.3 is 11.9 Å². The first-order valence-electron chi connectivity index (χ1n) is 11.5. The largest absolute Gasteiger partial charge is 0.496 e. The van der Waals surface area contributed by atoms with E-state index >= 15 is 0 Å². The number of hydrogen-bond acceptors (Lipinski definition) is 7. The van der Waals surface area contributed by atoms with E-state index in [1.54, 1.807) is 24.3 Å². The van der Waals surface area contributed by atoms with Gasteiger partial charge < -0.3 is 35.4 Å². The normalized spacial score (nSPS) is 13.1. The third kappa shape index (κ3) is 8.91. The fraction of sp³-hybridized carbons (Fsp3) is 0.360. The molecule has 0 unspecified atom stereocenters. The monoisotopic (exact) mass is 500 g/mol. The number of nitrogens with zero attached hydrogens (tertiary/aromatic N) is 2. The highest BCUT2D eigenvalue weighted by molar-refractivity contribution is 6.27. The lowest BCUT2D eigenvalue weighted by molar-refractivity contribution is -0.159. The first-order chi connectivity index (χ1) is 17.2. The summed E-state index contributed by atoms with van der Waals surface area (Å²) >= 11 is 0. The molecule has 0 radical (unpaired) electrons. The quantitative estimate of drug-likeness (QED) is 0.398. The maximum Gasteiger partial charge on any atom is 0.414 e. The number of amides is 2.